The lowest BCUT2D eigenvalue weighted by Crippen LogP contribution is -2.09. The van der Waals surface area contributed by atoms with Crippen LogP contribution in [0, 0.1) is 0 Å². The van der Waals surface area contributed by atoms with Gasteiger partial charge in [-0.15, -0.1) is 0 Å². The van der Waals surface area contributed by atoms with Crippen LogP contribution in [0.4, 0.5) is 0 Å². The number of benzene rings is 2. The van der Waals surface area contributed by atoms with Crippen molar-refractivity contribution in [3.05, 3.63) is 48.8 Å². The Bertz CT molecular complexity index is 1120. The van der Waals surface area contributed by atoms with Crippen LogP contribution in [0.25, 0.3) is 33.2 Å². The first-order valence-corrected chi connectivity index (χ1v) is 10.6. The van der Waals surface area contributed by atoms with Crippen LogP contribution < -0.4 is 9.47 Å². The van der Waals surface area contributed by atoms with Crippen molar-refractivity contribution in [2.24, 2.45) is 0 Å². The zero-order valence-corrected chi connectivity index (χ0v) is 16.6. The van der Waals surface area contributed by atoms with Crippen LogP contribution in [-0.2, 0) is 10.8 Å². The molecule has 2 aromatic carbocycles. The molecule has 28 heavy (non-hydrogen) atoms. The third-order valence-corrected chi connectivity index (χ3v) is 5.86. The molecule has 2 heterocycles. The van der Waals surface area contributed by atoms with Crippen molar-refractivity contribution >= 4 is 32.6 Å². The monoisotopic (exact) mass is 395 g/mol. The van der Waals surface area contributed by atoms with Crippen LogP contribution in [0.2, 0.25) is 0 Å². The number of rotatable bonds is 7. The standard InChI is InChI=1S/C21H21N3O3S/c1-3-28(25)10-9-27-19-6-4-5-14-11-20(26-2)16(12-15(14)19)21-23-17-7-8-22-13-18(17)24-21/h4-8,11-13H,3,9-10H2,1-2H3,(H,23,24). The van der Waals surface area contributed by atoms with Crippen molar-refractivity contribution in [1.29, 1.82) is 0 Å². The van der Waals surface area contributed by atoms with Crippen LogP contribution >= 0.6 is 0 Å². The van der Waals surface area contributed by atoms with Gasteiger partial charge in [0.1, 0.15) is 17.3 Å². The van der Waals surface area contributed by atoms with Crippen LogP contribution in [-0.4, -0.2) is 44.4 Å². The van der Waals surface area contributed by atoms with E-state index in [1.165, 1.54) is 0 Å². The maximum atomic E-state index is 11.7. The molecular weight excluding hydrogens is 374 g/mol. The molecule has 2 aromatic heterocycles. The number of nitrogens with zero attached hydrogens (tertiary/aromatic N) is 2. The number of ether oxygens (including phenoxy) is 2. The number of aromatic nitrogens is 3. The summed E-state index contributed by atoms with van der Waals surface area (Å²) in [6.07, 6.45) is 3.47. The van der Waals surface area contributed by atoms with E-state index in [1.54, 1.807) is 19.5 Å². The molecule has 7 heteroatoms. The van der Waals surface area contributed by atoms with Crippen molar-refractivity contribution in [3.63, 3.8) is 0 Å². The minimum absolute atomic E-state index is 0.414. The number of aromatic amines is 1. The molecule has 1 unspecified atom stereocenters. The number of nitrogens with one attached hydrogen (secondary N) is 1. The number of hydrogen-bond donors (Lipinski definition) is 1. The zero-order valence-electron chi connectivity index (χ0n) is 15.8. The molecular formula is C21H21N3O3S. The van der Waals surface area contributed by atoms with E-state index in [0.717, 1.165) is 38.9 Å². The Balaban J connectivity index is 1.77. The highest BCUT2D eigenvalue weighted by atomic mass is 32.2. The first kappa shape index (κ1) is 18.4. The Morgan fingerprint density at radius 2 is 2.07 bits per heavy atom. The number of imidazole rings is 1. The second-order valence-electron chi connectivity index (χ2n) is 6.29. The van der Waals surface area contributed by atoms with Gasteiger partial charge in [-0.2, -0.15) is 0 Å². The molecule has 0 aliphatic heterocycles. The van der Waals surface area contributed by atoms with Crippen molar-refractivity contribution in [2.75, 3.05) is 25.2 Å². The smallest absolute Gasteiger partial charge is 0.142 e. The number of H-pyrrole nitrogens is 1. The summed E-state index contributed by atoms with van der Waals surface area (Å²) < 4.78 is 23.2. The second-order valence-corrected chi connectivity index (χ2v) is 8.15. The summed E-state index contributed by atoms with van der Waals surface area (Å²) in [6.45, 7) is 2.33. The lowest BCUT2D eigenvalue weighted by atomic mass is 10.0. The molecule has 0 spiro atoms. The van der Waals surface area contributed by atoms with Gasteiger partial charge in [0.15, 0.2) is 0 Å². The van der Waals surface area contributed by atoms with Crippen LogP contribution in [0.15, 0.2) is 48.8 Å². The Morgan fingerprint density at radius 3 is 2.86 bits per heavy atom. The maximum Gasteiger partial charge on any atom is 0.142 e. The van der Waals surface area contributed by atoms with Crippen LogP contribution in [0.5, 0.6) is 11.5 Å². The van der Waals surface area contributed by atoms with Gasteiger partial charge in [0.2, 0.25) is 0 Å². The van der Waals surface area contributed by atoms with E-state index >= 15 is 0 Å². The Morgan fingerprint density at radius 1 is 1.18 bits per heavy atom. The topological polar surface area (TPSA) is 77.1 Å². The summed E-state index contributed by atoms with van der Waals surface area (Å²) in [6, 6.07) is 11.8. The van der Waals surface area contributed by atoms with Gasteiger partial charge in [-0.05, 0) is 29.7 Å². The highest BCUT2D eigenvalue weighted by Gasteiger charge is 2.14. The molecule has 4 aromatic rings. The first-order chi connectivity index (χ1) is 13.7. The summed E-state index contributed by atoms with van der Waals surface area (Å²) in [5, 5.41) is 1.96. The molecule has 4 rings (SSSR count). The van der Waals surface area contributed by atoms with E-state index in [1.807, 2.05) is 43.3 Å². The highest BCUT2D eigenvalue weighted by molar-refractivity contribution is 7.84. The lowest BCUT2D eigenvalue weighted by molar-refractivity contribution is 0.347. The molecule has 6 nitrogen and oxygen atoms in total. The molecule has 1 atom stereocenters. The number of pyridine rings is 1. The zero-order chi connectivity index (χ0) is 19.5. The minimum Gasteiger partial charge on any atom is -0.496 e. The molecule has 1 N–H and O–H groups in total. The van der Waals surface area contributed by atoms with Gasteiger partial charge in [-0.1, -0.05) is 19.1 Å². The third kappa shape index (κ3) is 3.57. The Hall–Kier alpha value is -2.93. The fraction of sp³-hybridized carbons (Fsp3) is 0.238. The van der Waals surface area contributed by atoms with Crippen molar-refractivity contribution in [1.82, 2.24) is 15.0 Å². The molecule has 0 amide bonds. The summed E-state index contributed by atoms with van der Waals surface area (Å²) in [4.78, 5) is 12.1. The van der Waals surface area contributed by atoms with Gasteiger partial charge in [0.25, 0.3) is 0 Å². The largest absolute Gasteiger partial charge is 0.496 e. The van der Waals surface area contributed by atoms with Crippen molar-refractivity contribution in [2.45, 2.75) is 6.92 Å². The Labute approximate surface area is 165 Å². The molecule has 0 fully saturated rings. The van der Waals surface area contributed by atoms with Crippen LogP contribution in [0.3, 0.4) is 0 Å². The highest BCUT2D eigenvalue weighted by Crippen LogP contribution is 2.37. The van der Waals surface area contributed by atoms with E-state index in [2.05, 4.69) is 15.0 Å². The second kappa shape index (κ2) is 7.98. The van der Waals surface area contributed by atoms with Gasteiger partial charge >= 0.3 is 0 Å². The molecule has 0 aliphatic rings. The summed E-state index contributed by atoms with van der Waals surface area (Å²) in [7, 11) is 0.800. The lowest BCUT2D eigenvalue weighted by Gasteiger charge is -2.13. The van der Waals surface area contributed by atoms with E-state index in [-0.39, 0.29) is 0 Å². The molecule has 0 saturated carbocycles. The summed E-state index contributed by atoms with van der Waals surface area (Å²) >= 11 is 0. The van der Waals surface area contributed by atoms with E-state index < -0.39 is 10.8 Å². The number of methoxy groups -OCH3 is 1. The van der Waals surface area contributed by atoms with E-state index in [4.69, 9.17) is 9.47 Å². The van der Waals surface area contributed by atoms with Crippen molar-refractivity contribution in [3.8, 4) is 22.9 Å². The van der Waals surface area contributed by atoms with Crippen molar-refractivity contribution < 1.29 is 13.7 Å². The third-order valence-electron chi connectivity index (χ3n) is 4.59. The molecule has 0 radical (unpaired) electrons. The molecule has 0 aliphatic carbocycles. The number of fused-ring (bicyclic) bond motifs is 2. The van der Waals surface area contributed by atoms with Gasteiger partial charge < -0.3 is 14.5 Å². The SMILES string of the molecule is CCS(=O)CCOc1cccc2cc(OC)c(-c3nc4ccncc4[nH]3)cc12. The van der Waals surface area contributed by atoms with E-state index in [0.29, 0.717) is 23.9 Å². The normalized spacial score (nSPS) is 12.4. The van der Waals surface area contributed by atoms with E-state index in [9.17, 15) is 4.21 Å². The van der Waals surface area contributed by atoms with Gasteiger partial charge in [-0.25, -0.2) is 4.98 Å². The average molecular weight is 395 g/mol. The molecule has 0 bridgehead atoms. The molecule has 0 saturated heterocycles. The maximum absolute atomic E-state index is 11.7. The fourth-order valence-electron chi connectivity index (χ4n) is 3.13. The van der Waals surface area contributed by atoms with Gasteiger partial charge in [0.05, 0.1) is 42.3 Å². The summed E-state index contributed by atoms with van der Waals surface area (Å²) in [5.41, 5.74) is 2.56. The van der Waals surface area contributed by atoms with Gasteiger partial charge in [0, 0.05) is 28.1 Å². The Kier molecular flexibility index (Phi) is 5.25. The van der Waals surface area contributed by atoms with Crippen LogP contribution in [0.1, 0.15) is 6.92 Å². The minimum atomic E-state index is -0.849. The predicted octanol–water partition coefficient (Wildman–Crippen LogP) is 3.93. The molecule has 144 valence electrons. The fourth-order valence-corrected chi connectivity index (χ4v) is 3.69. The number of hydrogen-bond acceptors (Lipinski definition) is 5. The summed E-state index contributed by atoms with van der Waals surface area (Å²) in [5.74, 6) is 3.35. The quantitative estimate of drug-likeness (QED) is 0.513. The first-order valence-electron chi connectivity index (χ1n) is 9.08. The van der Waals surface area contributed by atoms with Gasteiger partial charge in [-0.3, -0.25) is 9.19 Å². The average Bonchev–Trinajstić information content (AvgIpc) is 3.16. The predicted molar refractivity (Wildman–Crippen MR) is 112 cm³/mol.